The number of aliphatic imine (C=N–C) groups is 1. The lowest BCUT2D eigenvalue weighted by Crippen LogP contribution is -2.43. The van der Waals surface area contributed by atoms with Gasteiger partial charge < -0.3 is 20.3 Å². The summed E-state index contributed by atoms with van der Waals surface area (Å²) >= 11 is 0. The number of nitrogens with one attached hydrogen (secondary N) is 2. The number of fused-ring (bicyclic) bond motifs is 1. The van der Waals surface area contributed by atoms with Crippen molar-refractivity contribution in [3.05, 3.63) is 65.2 Å². The SMILES string of the molecule is CN=C(NCc1ccc(NCCOC)cc1)N1CCc2ccccc2C1. The molecule has 5 heteroatoms. The van der Waals surface area contributed by atoms with E-state index in [1.54, 1.807) is 7.11 Å². The fourth-order valence-corrected chi connectivity index (χ4v) is 3.23. The van der Waals surface area contributed by atoms with E-state index in [-0.39, 0.29) is 0 Å². The zero-order chi connectivity index (χ0) is 18.2. The van der Waals surface area contributed by atoms with Gasteiger partial charge in [-0.25, -0.2) is 0 Å². The third kappa shape index (κ3) is 4.76. The fourth-order valence-electron chi connectivity index (χ4n) is 3.23. The van der Waals surface area contributed by atoms with Crippen LogP contribution in [0.1, 0.15) is 16.7 Å². The number of guanidine groups is 1. The van der Waals surface area contributed by atoms with Crippen LogP contribution in [0.5, 0.6) is 0 Å². The van der Waals surface area contributed by atoms with Crippen LogP contribution < -0.4 is 10.6 Å². The molecule has 0 amide bonds. The third-order valence-corrected chi connectivity index (χ3v) is 4.68. The molecule has 0 saturated heterocycles. The van der Waals surface area contributed by atoms with Gasteiger partial charge in [-0.2, -0.15) is 0 Å². The Kier molecular flexibility index (Phi) is 6.50. The van der Waals surface area contributed by atoms with E-state index in [0.29, 0.717) is 6.61 Å². The van der Waals surface area contributed by atoms with Crippen molar-refractivity contribution >= 4 is 11.6 Å². The van der Waals surface area contributed by atoms with Gasteiger partial charge in [0.2, 0.25) is 0 Å². The number of methoxy groups -OCH3 is 1. The third-order valence-electron chi connectivity index (χ3n) is 4.68. The van der Waals surface area contributed by atoms with Crippen molar-refractivity contribution in [1.29, 1.82) is 0 Å². The summed E-state index contributed by atoms with van der Waals surface area (Å²) in [6, 6.07) is 17.2. The maximum atomic E-state index is 5.05. The first-order valence-electron chi connectivity index (χ1n) is 9.14. The zero-order valence-corrected chi connectivity index (χ0v) is 15.7. The van der Waals surface area contributed by atoms with Crippen molar-refractivity contribution in [2.24, 2.45) is 4.99 Å². The lowest BCUT2D eigenvalue weighted by Gasteiger charge is -2.31. The average molecular weight is 352 g/mol. The average Bonchev–Trinajstić information content (AvgIpc) is 2.69. The number of hydrogen-bond donors (Lipinski definition) is 2. The number of benzene rings is 2. The van der Waals surface area contributed by atoms with Crippen LogP contribution in [0.4, 0.5) is 5.69 Å². The predicted molar refractivity (Wildman–Crippen MR) is 108 cm³/mol. The second-order valence-electron chi connectivity index (χ2n) is 6.46. The van der Waals surface area contributed by atoms with Gasteiger partial charge >= 0.3 is 0 Å². The van der Waals surface area contributed by atoms with Gasteiger partial charge in [0.1, 0.15) is 0 Å². The molecular weight excluding hydrogens is 324 g/mol. The van der Waals surface area contributed by atoms with Gasteiger partial charge in [-0.15, -0.1) is 0 Å². The molecule has 5 nitrogen and oxygen atoms in total. The van der Waals surface area contributed by atoms with E-state index in [9.17, 15) is 0 Å². The van der Waals surface area contributed by atoms with Gasteiger partial charge in [-0.3, -0.25) is 4.99 Å². The van der Waals surface area contributed by atoms with Gasteiger partial charge in [0.05, 0.1) is 6.61 Å². The lowest BCUT2D eigenvalue weighted by molar-refractivity contribution is 0.211. The Balaban J connectivity index is 1.53. The highest BCUT2D eigenvalue weighted by Gasteiger charge is 2.18. The topological polar surface area (TPSA) is 48.9 Å². The second-order valence-corrected chi connectivity index (χ2v) is 6.46. The molecule has 1 aliphatic rings. The summed E-state index contributed by atoms with van der Waals surface area (Å²) < 4.78 is 5.05. The Bertz CT molecular complexity index is 727. The number of ether oxygens (including phenoxy) is 1. The van der Waals surface area contributed by atoms with Crippen LogP contribution in [0.3, 0.4) is 0 Å². The molecule has 0 bridgehead atoms. The minimum atomic E-state index is 0.707. The van der Waals surface area contributed by atoms with E-state index in [2.05, 4.69) is 69.1 Å². The smallest absolute Gasteiger partial charge is 0.194 e. The van der Waals surface area contributed by atoms with Crippen molar-refractivity contribution in [2.75, 3.05) is 39.2 Å². The van der Waals surface area contributed by atoms with Crippen LogP contribution >= 0.6 is 0 Å². The predicted octanol–water partition coefficient (Wildman–Crippen LogP) is 2.88. The molecule has 1 aliphatic heterocycles. The van der Waals surface area contributed by atoms with Gasteiger partial charge in [0, 0.05) is 46.0 Å². The molecular formula is C21H28N4O. The van der Waals surface area contributed by atoms with E-state index in [1.807, 2.05) is 7.05 Å². The maximum Gasteiger partial charge on any atom is 0.194 e. The normalized spacial score (nSPS) is 14.1. The number of hydrogen-bond acceptors (Lipinski definition) is 3. The molecule has 0 atom stereocenters. The summed E-state index contributed by atoms with van der Waals surface area (Å²) in [7, 11) is 3.57. The Morgan fingerprint density at radius 1 is 1.12 bits per heavy atom. The summed E-state index contributed by atoms with van der Waals surface area (Å²) in [5, 5.41) is 6.83. The highest BCUT2D eigenvalue weighted by molar-refractivity contribution is 5.80. The molecule has 0 aliphatic carbocycles. The molecule has 0 spiro atoms. The standard InChI is InChI=1S/C21H28N4O/c1-22-21(25-13-11-18-5-3-4-6-19(18)16-25)24-15-17-7-9-20(10-8-17)23-12-14-26-2/h3-10,23H,11-16H2,1-2H3,(H,22,24). The van der Waals surface area contributed by atoms with Crippen LogP contribution in [-0.4, -0.2) is 44.7 Å². The molecule has 3 rings (SSSR count). The van der Waals surface area contributed by atoms with E-state index < -0.39 is 0 Å². The van der Waals surface area contributed by atoms with Crippen molar-refractivity contribution in [2.45, 2.75) is 19.5 Å². The lowest BCUT2D eigenvalue weighted by atomic mass is 10.0. The Hall–Kier alpha value is -2.53. The Morgan fingerprint density at radius 3 is 2.62 bits per heavy atom. The summed E-state index contributed by atoms with van der Waals surface area (Å²) in [5.41, 5.74) is 5.20. The monoisotopic (exact) mass is 352 g/mol. The van der Waals surface area contributed by atoms with Gasteiger partial charge in [-0.05, 0) is 35.2 Å². The Morgan fingerprint density at radius 2 is 1.88 bits per heavy atom. The molecule has 0 fully saturated rings. The first kappa shape index (κ1) is 18.3. The van der Waals surface area contributed by atoms with Crippen LogP contribution in [0.15, 0.2) is 53.5 Å². The first-order valence-corrected chi connectivity index (χ1v) is 9.14. The van der Waals surface area contributed by atoms with Gasteiger partial charge in [-0.1, -0.05) is 36.4 Å². The molecule has 26 heavy (non-hydrogen) atoms. The van der Waals surface area contributed by atoms with E-state index in [4.69, 9.17) is 4.74 Å². The summed E-state index contributed by atoms with van der Waals surface area (Å²) in [5.74, 6) is 0.960. The highest BCUT2D eigenvalue weighted by Crippen LogP contribution is 2.18. The zero-order valence-electron chi connectivity index (χ0n) is 15.7. The number of rotatable bonds is 6. The van der Waals surface area contributed by atoms with Crippen LogP contribution in [0, 0.1) is 0 Å². The summed E-state index contributed by atoms with van der Waals surface area (Å²) in [6.45, 7) is 4.20. The number of anilines is 1. The van der Waals surface area contributed by atoms with Crippen LogP contribution in [0.2, 0.25) is 0 Å². The van der Waals surface area contributed by atoms with Crippen LogP contribution in [-0.2, 0) is 24.2 Å². The molecule has 1 heterocycles. The Labute approximate surface area is 156 Å². The summed E-state index contributed by atoms with van der Waals surface area (Å²) in [4.78, 5) is 6.79. The minimum absolute atomic E-state index is 0.707. The van der Waals surface area contributed by atoms with Crippen molar-refractivity contribution < 1.29 is 4.74 Å². The van der Waals surface area contributed by atoms with E-state index in [1.165, 1.54) is 16.7 Å². The van der Waals surface area contributed by atoms with Crippen molar-refractivity contribution in [3.8, 4) is 0 Å². The highest BCUT2D eigenvalue weighted by atomic mass is 16.5. The minimum Gasteiger partial charge on any atom is -0.383 e. The molecule has 0 saturated carbocycles. The fraction of sp³-hybridized carbons (Fsp3) is 0.381. The maximum absolute atomic E-state index is 5.05. The van der Waals surface area contributed by atoms with Crippen LogP contribution in [0.25, 0.3) is 0 Å². The summed E-state index contributed by atoms with van der Waals surface area (Å²) in [6.07, 6.45) is 1.07. The largest absolute Gasteiger partial charge is 0.383 e. The molecule has 2 N–H and O–H groups in total. The van der Waals surface area contributed by atoms with Crippen molar-refractivity contribution in [3.63, 3.8) is 0 Å². The molecule has 0 unspecified atom stereocenters. The number of nitrogens with zero attached hydrogens (tertiary/aromatic N) is 2. The van der Waals surface area contributed by atoms with E-state index >= 15 is 0 Å². The van der Waals surface area contributed by atoms with E-state index in [0.717, 1.165) is 44.2 Å². The first-order chi connectivity index (χ1) is 12.8. The molecule has 2 aromatic rings. The van der Waals surface area contributed by atoms with Gasteiger partial charge in [0.25, 0.3) is 0 Å². The molecule has 0 radical (unpaired) electrons. The molecule has 0 aromatic heterocycles. The quantitative estimate of drug-likeness (QED) is 0.477. The van der Waals surface area contributed by atoms with Crippen molar-refractivity contribution in [1.82, 2.24) is 10.2 Å². The molecule has 138 valence electrons. The second kappa shape index (κ2) is 9.25. The van der Waals surface area contributed by atoms with Gasteiger partial charge in [0.15, 0.2) is 5.96 Å². The molecule has 2 aromatic carbocycles.